The number of nitrogens with zero attached hydrogens (tertiary/aromatic N) is 3. The molecular formula is C35H43ClFN5O2. The molecule has 0 spiro atoms. The molecule has 0 aromatic heterocycles. The Morgan fingerprint density at radius 1 is 0.977 bits per heavy atom. The molecule has 2 N–H and O–H groups in total. The van der Waals surface area contributed by atoms with Crippen LogP contribution in [0.25, 0.3) is 0 Å². The van der Waals surface area contributed by atoms with Gasteiger partial charge in [-0.25, -0.2) is 4.39 Å². The van der Waals surface area contributed by atoms with Crippen molar-refractivity contribution in [1.29, 1.82) is 0 Å². The molecule has 3 aromatic carbocycles. The highest BCUT2D eigenvalue weighted by Crippen LogP contribution is 2.24. The van der Waals surface area contributed by atoms with Gasteiger partial charge in [-0.3, -0.25) is 14.5 Å². The van der Waals surface area contributed by atoms with Crippen LogP contribution in [0, 0.1) is 5.82 Å². The predicted octanol–water partition coefficient (Wildman–Crippen LogP) is 4.45. The average Bonchev–Trinajstić information content (AvgIpc) is 3.06. The number of carbonyl (C=O) groups excluding carboxylic acids is 2. The van der Waals surface area contributed by atoms with Crippen molar-refractivity contribution in [1.82, 2.24) is 25.3 Å². The van der Waals surface area contributed by atoms with Crippen LogP contribution in [0.5, 0.6) is 0 Å². The van der Waals surface area contributed by atoms with Crippen molar-refractivity contribution in [3.63, 3.8) is 0 Å². The first-order chi connectivity index (χ1) is 21.3. The summed E-state index contributed by atoms with van der Waals surface area (Å²) in [6.07, 6.45) is 0.806. The van der Waals surface area contributed by atoms with Crippen LogP contribution in [-0.2, 0) is 29.0 Å². The molecule has 44 heavy (non-hydrogen) atoms. The van der Waals surface area contributed by atoms with Crippen LogP contribution in [-0.4, -0.2) is 84.4 Å². The standard InChI is InChI=1S/C35H43ClFN5O2/c1-3-40(4-2)24-33(26-8-6-5-7-9-26)41-16-18-42(19-17-41)35(44)32(20-25-10-13-29(36)14-11-25)39-34(43)31-22-27-12-15-30(37)21-28(27)23-38-31/h5-15,21,31-33,38H,3-4,16-20,22-24H2,1-2H3,(H,39,43). The van der Waals surface area contributed by atoms with Gasteiger partial charge in [0.25, 0.3) is 0 Å². The number of hydrogen-bond acceptors (Lipinski definition) is 5. The molecule has 3 atom stereocenters. The molecule has 7 nitrogen and oxygen atoms in total. The quantitative estimate of drug-likeness (QED) is 0.332. The van der Waals surface area contributed by atoms with Crippen LogP contribution in [0.2, 0.25) is 5.02 Å². The summed E-state index contributed by atoms with van der Waals surface area (Å²) in [5.74, 6) is -0.592. The third kappa shape index (κ3) is 8.04. The number of rotatable bonds is 11. The highest BCUT2D eigenvalue weighted by Gasteiger charge is 2.34. The van der Waals surface area contributed by atoms with E-state index in [-0.39, 0.29) is 23.7 Å². The summed E-state index contributed by atoms with van der Waals surface area (Å²) in [7, 11) is 0. The van der Waals surface area contributed by atoms with Crippen LogP contribution in [0.1, 0.15) is 42.1 Å². The van der Waals surface area contributed by atoms with Gasteiger partial charge in [0.1, 0.15) is 11.9 Å². The topological polar surface area (TPSA) is 67.9 Å². The molecule has 234 valence electrons. The van der Waals surface area contributed by atoms with E-state index in [1.165, 1.54) is 17.7 Å². The van der Waals surface area contributed by atoms with Crippen molar-refractivity contribution in [3.05, 3.63) is 106 Å². The van der Waals surface area contributed by atoms with E-state index >= 15 is 0 Å². The van der Waals surface area contributed by atoms with Crippen molar-refractivity contribution < 1.29 is 14.0 Å². The molecule has 2 aliphatic heterocycles. The van der Waals surface area contributed by atoms with Gasteiger partial charge in [0.2, 0.25) is 11.8 Å². The van der Waals surface area contributed by atoms with Gasteiger partial charge in [-0.15, -0.1) is 0 Å². The van der Waals surface area contributed by atoms with Crippen LogP contribution >= 0.6 is 11.6 Å². The zero-order chi connectivity index (χ0) is 31.1. The highest BCUT2D eigenvalue weighted by molar-refractivity contribution is 6.30. The lowest BCUT2D eigenvalue weighted by Gasteiger charge is -2.42. The first kappa shape index (κ1) is 32.1. The summed E-state index contributed by atoms with van der Waals surface area (Å²) in [4.78, 5) is 34.4. The molecule has 2 heterocycles. The molecule has 3 aromatic rings. The number of likely N-dealkylation sites (N-methyl/N-ethyl adjacent to an activating group) is 1. The molecule has 0 radical (unpaired) electrons. The molecule has 2 amide bonds. The second kappa shape index (κ2) is 15.1. The lowest BCUT2D eigenvalue weighted by molar-refractivity contribution is -0.138. The fourth-order valence-electron chi connectivity index (χ4n) is 6.31. The fourth-order valence-corrected chi connectivity index (χ4v) is 6.43. The Balaban J connectivity index is 1.28. The second-order valence-electron chi connectivity index (χ2n) is 11.7. The summed E-state index contributed by atoms with van der Waals surface area (Å²) < 4.78 is 13.7. The number of hydrogen-bond donors (Lipinski definition) is 2. The van der Waals surface area contributed by atoms with Gasteiger partial charge in [0, 0.05) is 56.8 Å². The van der Waals surface area contributed by atoms with E-state index in [0.717, 1.165) is 49.4 Å². The van der Waals surface area contributed by atoms with E-state index in [1.54, 1.807) is 18.2 Å². The van der Waals surface area contributed by atoms with Gasteiger partial charge in [-0.05, 0) is 66.0 Å². The van der Waals surface area contributed by atoms with Gasteiger partial charge in [-0.2, -0.15) is 0 Å². The molecule has 5 rings (SSSR count). The Kier molecular flexibility index (Phi) is 11.0. The molecule has 3 unspecified atom stereocenters. The molecule has 2 aliphatic rings. The van der Waals surface area contributed by atoms with Gasteiger partial charge in [0.05, 0.1) is 6.04 Å². The maximum absolute atomic E-state index is 14.0. The highest BCUT2D eigenvalue weighted by atomic mass is 35.5. The smallest absolute Gasteiger partial charge is 0.245 e. The zero-order valence-electron chi connectivity index (χ0n) is 25.6. The monoisotopic (exact) mass is 619 g/mol. The Labute approximate surface area is 265 Å². The third-order valence-electron chi connectivity index (χ3n) is 8.99. The SMILES string of the molecule is CCN(CC)CC(c1ccccc1)N1CCN(C(=O)C(Cc2ccc(Cl)cc2)NC(=O)C2Cc3ccc(F)cc3CN2)CC1. The minimum Gasteiger partial charge on any atom is -0.343 e. The maximum atomic E-state index is 14.0. The van der Waals surface area contributed by atoms with E-state index in [2.05, 4.69) is 58.5 Å². The molecule has 0 aliphatic carbocycles. The van der Waals surface area contributed by atoms with Crippen molar-refractivity contribution in [2.75, 3.05) is 45.8 Å². The normalized spacial score (nSPS) is 18.5. The van der Waals surface area contributed by atoms with E-state index in [1.807, 2.05) is 23.1 Å². The first-order valence-electron chi connectivity index (χ1n) is 15.7. The Hall–Kier alpha value is -3.30. The summed E-state index contributed by atoms with van der Waals surface area (Å²) in [6, 6.07) is 21.7. The maximum Gasteiger partial charge on any atom is 0.245 e. The summed E-state index contributed by atoms with van der Waals surface area (Å²) in [5.41, 5.74) is 4.01. The molecule has 9 heteroatoms. The summed E-state index contributed by atoms with van der Waals surface area (Å²) in [6.45, 7) is 10.4. The Bertz CT molecular complexity index is 1390. The Morgan fingerprint density at radius 3 is 2.36 bits per heavy atom. The lowest BCUT2D eigenvalue weighted by Crippen LogP contribution is -2.58. The van der Waals surface area contributed by atoms with Gasteiger partial charge < -0.3 is 20.4 Å². The average molecular weight is 620 g/mol. The van der Waals surface area contributed by atoms with Crippen molar-refractivity contribution in [2.45, 2.75) is 51.4 Å². The molecule has 1 fully saturated rings. The van der Waals surface area contributed by atoms with Crippen LogP contribution in [0.15, 0.2) is 72.8 Å². The van der Waals surface area contributed by atoms with Crippen molar-refractivity contribution in [2.24, 2.45) is 0 Å². The number of benzene rings is 3. The fraction of sp³-hybridized carbons (Fsp3) is 0.429. The van der Waals surface area contributed by atoms with Crippen LogP contribution in [0.3, 0.4) is 0 Å². The molecule has 1 saturated heterocycles. The minimum absolute atomic E-state index is 0.0776. The number of nitrogens with one attached hydrogen (secondary N) is 2. The molecule has 0 bridgehead atoms. The molecular weight excluding hydrogens is 577 g/mol. The van der Waals surface area contributed by atoms with E-state index in [0.29, 0.717) is 37.5 Å². The largest absolute Gasteiger partial charge is 0.343 e. The minimum atomic E-state index is -0.716. The van der Waals surface area contributed by atoms with Crippen molar-refractivity contribution in [3.8, 4) is 0 Å². The number of carbonyl (C=O) groups is 2. The number of amides is 2. The Morgan fingerprint density at radius 2 is 1.68 bits per heavy atom. The number of halogens is 2. The summed E-state index contributed by atoms with van der Waals surface area (Å²) in [5, 5.41) is 6.92. The molecule has 0 saturated carbocycles. The van der Waals surface area contributed by atoms with Crippen molar-refractivity contribution >= 4 is 23.4 Å². The third-order valence-corrected chi connectivity index (χ3v) is 9.24. The van der Waals surface area contributed by atoms with Gasteiger partial charge in [-0.1, -0.05) is 74.0 Å². The van der Waals surface area contributed by atoms with Gasteiger partial charge >= 0.3 is 0 Å². The lowest BCUT2D eigenvalue weighted by atomic mass is 9.95. The van der Waals surface area contributed by atoms with E-state index < -0.39 is 12.1 Å². The van der Waals surface area contributed by atoms with E-state index in [4.69, 9.17) is 11.6 Å². The van der Waals surface area contributed by atoms with Gasteiger partial charge in [0.15, 0.2) is 0 Å². The zero-order valence-corrected chi connectivity index (χ0v) is 26.4. The second-order valence-corrected chi connectivity index (χ2v) is 12.2. The predicted molar refractivity (Wildman–Crippen MR) is 173 cm³/mol. The number of fused-ring (bicyclic) bond motifs is 1. The van der Waals surface area contributed by atoms with Crippen LogP contribution < -0.4 is 10.6 Å². The first-order valence-corrected chi connectivity index (χ1v) is 16.1. The summed E-state index contributed by atoms with van der Waals surface area (Å²) >= 11 is 6.12. The van der Waals surface area contributed by atoms with E-state index in [9.17, 15) is 14.0 Å². The number of piperazine rings is 1. The van der Waals surface area contributed by atoms with Crippen LogP contribution in [0.4, 0.5) is 4.39 Å².